The maximum Gasteiger partial charge on any atom is 0.408 e. The van der Waals surface area contributed by atoms with Crippen LogP contribution < -0.4 is 0 Å². The maximum absolute atomic E-state index is 15.7. The van der Waals surface area contributed by atoms with Crippen LogP contribution in [0.5, 0.6) is 0 Å². The van der Waals surface area contributed by atoms with E-state index in [4.69, 9.17) is 0 Å². The first-order chi connectivity index (χ1) is 16.6. The van der Waals surface area contributed by atoms with Gasteiger partial charge in [0.1, 0.15) is 5.82 Å². The highest BCUT2D eigenvalue weighted by molar-refractivity contribution is 5.69. The summed E-state index contributed by atoms with van der Waals surface area (Å²) in [4.78, 5) is 16.9. The molecule has 188 valence electrons. The summed E-state index contributed by atoms with van der Waals surface area (Å²) >= 11 is 0. The number of benzene rings is 2. The van der Waals surface area contributed by atoms with Crippen molar-refractivity contribution < 1.29 is 14.3 Å². The van der Waals surface area contributed by atoms with Crippen molar-refractivity contribution >= 4 is 6.09 Å². The number of hydrogen-bond donors (Lipinski definition) is 1. The van der Waals surface area contributed by atoms with Crippen LogP contribution in [0.2, 0.25) is 0 Å². The molecule has 4 aliphatic rings. The average molecular weight is 479 g/mol. The summed E-state index contributed by atoms with van der Waals surface area (Å²) in [5.74, 6) is 0.711. The summed E-state index contributed by atoms with van der Waals surface area (Å²) in [6, 6.07) is 11.5. The van der Waals surface area contributed by atoms with Gasteiger partial charge in [-0.05, 0) is 96.8 Å². The number of aryl methyl sites for hydroxylation is 1. The van der Waals surface area contributed by atoms with E-state index in [0.29, 0.717) is 17.4 Å². The quantitative estimate of drug-likeness (QED) is 0.515. The molecule has 2 aromatic rings. The number of fused-ring (bicyclic) bond motifs is 4. The second-order valence-corrected chi connectivity index (χ2v) is 12.1. The maximum atomic E-state index is 15.7. The fourth-order valence-corrected chi connectivity index (χ4v) is 6.85. The van der Waals surface area contributed by atoms with Crippen molar-refractivity contribution in [2.75, 3.05) is 19.6 Å². The molecule has 6 rings (SSSR count). The lowest BCUT2D eigenvalue weighted by atomic mass is 9.68. The molecule has 1 amide bonds. The van der Waals surface area contributed by atoms with Crippen LogP contribution in [0.25, 0.3) is 11.1 Å². The van der Waals surface area contributed by atoms with Crippen molar-refractivity contribution in [3.63, 3.8) is 0 Å². The highest BCUT2D eigenvalue weighted by Gasteiger charge is 2.48. The van der Waals surface area contributed by atoms with Crippen molar-refractivity contribution in [3.05, 3.63) is 58.9 Å². The van der Waals surface area contributed by atoms with E-state index in [1.54, 1.807) is 11.0 Å². The van der Waals surface area contributed by atoms with Gasteiger partial charge < -0.3 is 10.0 Å². The molecule has 0 saturated carbocycles. The van der Waals surface area contributed by atoms with Crippen LogP contribution in [-0.2, 0) is 12.8 Å². The van der Waals surface area contributed by atoms with Crippen LogP contribution in [0.1, 0.15) is 69.7 Å². The molecule has 2 atom stereocenters. The van der Waals surface area contributed by atoms with Crippen molar-refractivity contribution in [2.24, 2.45) is 17.3 Å². The van der Waals surface area contributed by atoms with Gasteiger partial charge in [0.15, 0.2) is 0 Å². The number of nitrogens with zero attached hydrogens (tertiary/aromatic N) is 2. The van der Waals surface area contributed by atoms with E-state index >= 15 is 4.39 Å². The van der Waals surface area contributed by atoms with Crippen LogP contribution >= 0.6 is 0 Å². The Kier molecular flexibility index (Phi) is 6.41. The van der Waals surface area contributed by atoms with Gasteiger partial charge >= 0.3 is 6.09 Å². The van der Waals surface area contributed by atoms with E-state index in [0.717, 1.165) is 68.4 Å². The highest BCUT2D eigenvalue weighted by Crippen LogP contribution is 2.50. The fraction of sp³-hybridized carbons (Fsp3) is 0.567. The summed E-state index contributed by atoms with van der Waals surface area (Å²) in [7, 11) is 0. The summed E-state index contributed by atoms with van der Waals surface area (Å²) < 4.78 is 15.7. The van der Waals surface area contributed by atoms with Crippen LogP contribution in [0, 0.1) is 23.1 Å². The van der Waals surface area contributed by atoms with Gasteiger partial charge in [-0.25, -0.2) is 9.18 Å². The standard InChI is InChI=1S/C30H39FN2O2/c1-19(2)15-20-5-7-21(8-6-20)24-16-23-9-12-30(3,4)28(25(23)17-26(24)31)33(29(34)35)27-18-32-13-10-22(27)11-14-32/h5-8,16-17,19,22,27-28H,9-15,18H2,1-4H3,(H,34,35)/t27-,28+/m1/s1. The van der Waals surface area contributed by atoms with Gasteiger partial charge in [-0.2, -0.15) is 0 Å². The van der Waals surface area contributed by atoms with Gasteiger partial charge in [0.25, 0.3) is 0 Å². The Morgan fingerprint density at radius 1 is 1.17 bits per heavy atom. The molecule has 5 heteroatoms. The molecule has 4 nitrogen and oxygen atoms in total. The summed E-state index contributed by atoms with van der Waals surface area (Å²) in [5, 5.41) is 10.5. The lowest BCUT2D eigenvalue weighted by Gasteiger charge is -2.54. The molecule has 2 bridgehead atoms. The van der Waals surface area contributed by atoms with Crippen molar-refractivity contribution in [3.8, 4) is 11.1 Å². The first kappa shape index (κ1) is 24.3. The zero-order valence-corrected chi connectivity index (χ0v) is 21.6. The number of rotatable bonds is 5. The first-order valence-electron chi connectivity index (χ1n) is 13.3. The Labute approximate surface area is 209 Å². The number of piperidine rings is 3. The molecule has 3 aliphatic heterocycles. The molecule has 0 aromatic heterocycles. The molecule has 0 spiro atoms. The predicted molar refractivity (Wildman–Crippen MR) is 138 cm³/mol. The zero-order valence-electron chi connectivity index (χ0n) is 21.6. The van der Waals surface area contributed by atoms with Crippen LogP contribution in [-0.4, -0.2) is 46.7 Å². The van der Waals surface area contributed by atoms with Crippen molar-refractivity contribution in [2.45, 2.75) is 71.9 Å². The van der Waals surface area contributed by atoms with Crippen molar-refractivity contribution in [1.29, 1.82) is 0 Å². The Morgan fingerprint density at radius 3 is 2.43 bits per heavy atom. The molecule has 0 unspecified atom stereocenters. The summed E-state index contributed by atoms with van der Waals surface area (Å²) in [5.41, 5.74) is 4.44. The lowest BCUT2D eigenvalue weighted by molar-refractivity contribution is -0.0353. The van der Waals surface area contributed by atoms with E-state index in [-0.39, 0.29) is 23.3 Å². The summed E-state index contributed by atoms with van der Waals surface area (Å²) in [6.45, 7) is 11.6. The van der Waals surface area contributed by atoms with Crippen LogP contribution in [0.15, 0.2) is 36.4 Å². The predicted octanol–water partition coefficient (Wildman–Crippen LogP) is 6.78. The fourth-order valence-electron chi connectivity index (χ4n) is 6.85. The molecule has 3 heterocycles. The number of amides is 1. The smallest absolute Gasteiger partial charge is 0.408 e. The molecule has 1 N–H and O–H groups in total. The van der Waals surface area contributed by atoms with Crippen LogP contribution in [0.4, 0.5) is 9.18 Å². The third-order valence-corrected chi connectivity index (χ3v) is 8.69. The van der Waals surface area contributed by atoms with E-state index in [1.807, 2.05) is 18.2 Å². The Hall–Kier alpha value is -2.40. The molecule has 35 heavy (non-hydrogen) atoms. The highest BCUT2D eigenvalue weighted by atomic mass is 19.1. The molecular weight excluding hydrogens is 439 g/mol. The van der Waals surface area contributed by atoms with Gasteiger partial charge in [-0.1, -0.05) is 52.0 Å². The number of carboxylic acid groups (broad SMARTS) is 1. The van der Waals surface area contributed by atoms with Gasteiger partial charge in [0.05, 0.1) is 12.1 Å². The topological polar surface area (TPSA) is 43.8 Å². The lowest BCUT2D eigenvalue weighted by Crippen LogP contribution is -2.61. The third-order valence-electron chi connectivity index (χ3n) is 8.69. The molecular formula is C30H39FN2O2. The van der Waals surface area contributed by atoms with Crippen LogP contribution in [0.3, 0.4) is 0 Å². The van der Waals surface area contributed by atoms with E-state index < -0.39 is 6.09 Å². The number of hydrogen-bond acceptors (Lipinski definition) is 2. The van der Waals surface area contributed by atoms with Gasteiger partial charge in [-0.15, -0.1) is 0 Å². The SMILES string of the molecule is CC(C)Cc1ccc(-c2cc3c(cc2F)[C@H](N(C(=O)O)[C@@H]2CN4CCC2CC4)C(C)(C)CC3)cc1. The van der Waals surface area contributed by atoms with Crippen molar-refractivity contribution in [1.82, 2.24) is 9.80 Å². The molecule has 0 radical (unpaired) electrons. The number of halogens is 1. The Bertz CT molecular complexity index is 1090. The normalized spacial score (nSPS) is 27.0. The van der Waals surface area contributed by atoms with E-state index in [9.17, 15) is 9.90 Å². The van der Waals surface area contributed by atoms with E-state index in [2.05, 4.69) is 44.7 Å². The largest absolute Gasteiger partial charge is 0.465 e. The monoisotopic (exact) mass is 478 g/mol. The minimum atomic E-state index is -0.875. The molecule has 1 aliphatic carbocycles. The Morgan fingerprint density at radius 2 is 1.86 bits per heavy atom. The Balaban J connectivity index is 1.53. The molecule has 2 aromatic carbocycles. The molecule has 3 fully saturated rings. The third kappa shape index (κ3) is 4.60. The second kappa shape index (κ2) is 9.24. The molecule has 3 saturated heterocycles. The average Bonchev–Trinajstić information content (AvgIpc) is 2.81. The minimum absolute atomic E-state index is 0.0264. The second-order valence-electron chi connectivity index (χ2n) is 12.1. The minimum Gasteiger partial charge on any atom is -0.465 e. The summed E-state index contributed by atoms with van der Waals surface area (Å²) in [6.07, 6.45) is 3.95. The first-order valence-corrected chi connectivity index (χ1v) is 13.3. The van der Waals surface area contributed by atoms with Gasteiger partial charge in [-0.3, -0.25) is 4.90 Å². The van der Waals surface area contributed by atoms with Gasteiger partial charge in [0, 0.05) is 12.1 Å². The van der Waals surface area contributed by atoms with Gasteiger partial charge in [0.2, 0.25) is 0 Å². The zero-order chi connectivity index (χ0) is 24.9. The van der Waals surface area contributed by atoms with E-state index in [1.165, 1.54) is 5.56 Å². The number of carbonyl (C=O) groups is 1.